The molecule has 0 aliphatic rings. The molecule has 0 fully saturated rings. The zero-order chi connectivity index (χ0) is 10.6. The van der Waals surface area contributed by atoms with Crippen molar-refractivity contribution in [2.24, 2.45) is 0 Å². The number of rotatable bonds is 4. The minimum atomic E-state index is 0.628. The Hall–Kier alpha value is -0.220. The number of hydrogen-bond donors (Lipinski definition) is 0. The van der Waals surface area contributed by atoms with Gasteiger partial charge in [-0.05, 0) is 40.5 Å². The Bertz CT molecular complexity index is 313. The van der Waals surface area contributed by atoms with E-state index >= 15 is 0 Å². The van der Waals surface area contributed by atoms with Crippen LogP contribution in [0.4, 0.5) is 0 Å². The second kappa shape index (κ2) is 5.61. The summed E-state index contributed by atoms with van der Waals surface area (Å²) in [5.74, 6) is 1.52. The van der Waals surface area contributed by atoms with E-state index in [9.17, 15) is 0 Å². The first kappa shape index (κ1) is 11.9. The van der Waals surface area contributed by atoms with E-state index in [-0.39, 0.29) is 0 Å². The average Bonchev–Trinajstić information content (AvgIpc) is 2.20. The summed E-state index contributed by atoms with van der Waals surface area (Å²) in [6.07, 6.45) is 0. The van der Waals surface area contributed by atoms with Crippen LogP contribution in [0.1, 0.15) is 12.5 Å². The molecule has 0 bridgehead atoms. The van der Waals surface area contributed by atoms with Gasteiger partial charge in [0.1, 0.15) is 0 Å². The van der Waals surface area contributed by atoms with Crippen LogP contribution in [-0.2, 0) is 5.33 Å². The topological polar surface area (TPSA) is 18.5 Å². The van der Waals surface area contributed by atoms with Crippen molar-refractivity contribution in [2.75, 3.05) is 13.7 Å². The maximum Gasteiger partial charge on any atom is 0.175 e. The molecule has 0 spiro atoms. The number of benzene rings is 1. The third-order valence-electron chi connectivity index (χ3n) is 1.73. The van der Waals surface area contributed by atoms with E-state index in [0.29, 0.717) is 6.61 Å². The molecule has 4 heteroatoms. The van der Waals surface area contributed by atoms with Crippen LogP contribution < -0.4 is 9.47 Å². The van der Waals surface area contributed by atoms with Gasteiger partial charge in [-0.2, -0.15) is 0 Å². The van der Waals surface area contributed by atoms with Gasteiger partial charge in [0.15, 0.2) is 11.5 Å². The zero-order valence-corrected chi connectivity index (χ0v) is 11.3. The quantitative estimate of drug-likeness (QED) is 0.786. The van der Waals surface area contributed by atoms with E-state index in [1.807, 2.05) is 19.1 Å². The molecule has 0 aromatic heterocycles. The maximum absolute atomic E-state index is 5.47. The third kappa shape index (κ3) is 2.64. The Morgan fingerprint density at radius 1 is 1.36 bits per heavy atom. The molecule has 0 N–H and O–H groups in total. The smallest absolute Gasteiger partial charge is 0.175 e. The van der Waals surface area contributed by atoms with Crippen LogP contribution >= 0.6 is 31.9 Å². The summed E-state index contributed by atoms with van der Waals surface area (Å²) in [6, 6.07) is 3.98. The van der Waals surface area contributed by atoms with E-state index in [1.165, 1.54) is 0 Å². The molecule has 78 valence electrons. The van der Waals surface area contributed by atoms with Gasteiger partial charge in [0.2, 0.25) is 0 Å². The van der Waals surface area contributed by atoms with Crippen molar-refractivity contribution in [1.82, 2.24) is 0 Å². The van der Waals surface area contributed by atoms with Gasteiger partial charge < -0.3 is 9.47 Å². The lowest BCUT2D eigenvalue weighted by molar-refractivity contribution is 0.309. The van der Waals surface area contributed by atoms with E-state index in [2.05, 4.69) is 31.9 Å². The molecule has 0 atom stereocenters. The molecule has 0 radical (unpaired) electrons. The summed E-state index contributed by atoms with van der Waals surface area (Å²) in [7, 11) is 1.64. The van der Waals surface area contributed by atoms with Gasteiger partial charge in [0.05, 0.1) is 18.2 Å². The average molecular weight is 324 g/mol. The monoisotopic (exact) mass is 322 g/mol. The third-order valence-corrected chi connectivity index (χ3v) is 2.97. The van der Waals surface area contributed by atoms with Crippen molar-refractivity contribution in [2.45, 2.75) is 12.3 Å². The summed E-state index contributed by atoms with van der Waals surface area (Å²) in [4.78, 5) is 0. The van der Waals surface area contributed by atoms with Crippen LogP contribution in [-0.4, -0.2) is 13.7 Å². The standard InChI is InChI=1S/C10H12Br2O2/c1-3-14-10-8(12)4-7(6-11)5-9(10)13-2/h4-5H,3,6H2,1-2H3. The summed E-state index contributed by atoms with van der Waals surface area (Å²) >= 11 is 6.86. The highest BCUT2D eigenvalue weighted by Crippen LogP contribution is 2.37. The molecule has 0 aliphatic heterocycles. The molecule has 14 heavy (non-hydrogen) atoms. The van der Waals surface area contributed by atoms with Crippen molar-refractivity contribution in [3.63, 3.8) is 0 Å². The minimum Gasteiger partial charge on any atom is -0.493 e. The normalized spacial score (nSPS) is 10.0. The molecule has 0 aliphatic carbocycles. The van der Waals surface area contributed by atoms with Crippen LogP contribution in [0.25, 0.3) is 0 Å². The molecule has 0 unspecified atom stereocenters. The molecular weight excluding hydrogens is 312 g/mol. The van der Waals surface area contributed by atoms with Gasteiger partial charge in [-0.3, -0.25) is 0 Å². The summed E-state index contributed by atoms with van der Waals surface area (Å²) < 4.78 is 11.6. The SMILES string of the molecule is CCOc1c(Br)cc(CBr)cc1OC. The summed E-state index contributed by atoms with van der Waals surface area (Å²) in [5.41, 5.74) is 1.15. The molecule has 2 nitrogen and oxygen atoms in total. The first-order valence-electron chi connectivity index (χ1n) is 4.28. The number of ether oxygens (including phenoxy) is 2. The van der Waals surface area contributed by atoms with Gasteiger partial charge in [-0.25, -0.2) is 0 Å². The van der Waals surface area contributed by atoms with Crippen LogP contribution in [0.3, 0.4) is 0 Å². The zero-order valence-electron chi connectivity index (χ0n) is 8.14. The number of methoxy groups -OCH3 is 1. The highest BCUT2D eigenvalue weighted by atomic mass is 79.9. The lowest BCUT2D eigenvalue weighted by atomic mass is 10.2. The Labute approximate surface area is 101 Å². The summed E-state index contributed by atoms with van der Waals surface area (Å²) in [5, 5.41) is 0.800. The van der Waals surface area contributed by atoms with Crippen molar-refractivity contribution in [3.8, 4) is 11.5 Å². The fraction of sp³-hybridized carbons (Fsp3) is 0.400. The van der Waals surface area contributed by atoms with E-state index in [0.717, 1.165) is 26.9 Å². The predicted molar refractivity (Wildman–Crippen MR) is 64.5 cm³/mol. The molecular formula is C10H12Br2O2. The van der Waals surface area contributed by atoms with Crippen molar-refractivity contribution in [1.29, 1.82) is 0 Å². The highest BCUT2D eigenvalue weighted by molar-refractivity contribution is 9.10. The Balaban J connectivity index is 3.13. The van der Waals surface area contributed by atoms with Crippen LogP contribution in [0, 0.1) is 0 Å². The van der Waals surface area contributed by atoms with Gasteiger partial charge in [0, 0.05) is 5.33 Å². The van der Waals surface area contributed by atoms with E-state index in [4.69, 9.17) is 9.47 Å². The Morgan fingerprint density at radius 3 is 2.57 bits per heavy atom. The minimum absolute atomic E-state index is 0.628. The molecule has 1 aromatic rings. The first-order chi connectivity index (χ1) is 6.72. The van der Waals surface area contributed by atoms with Crippen molar-refractivity contribution < 1.29 is 9.47 Å². The Kier molecular flexibility index (Phi) is 4.75. The lowest BCUT2D eigenvalue weighted by Crippen LogP contribution is -1.97. The van der Waals surface area contributed by atoms with Gasteiger partial charge >= 0.3 is 0 Å². The molecule has 0 saturated heterocycles. The van der Waals surface area contributed by atoms with Gasteiger partial charge in [-0.15, -0.1) is 0 Å². The Morgan fingerprint density at radius 2 is 2.07 bits per heavy atom. The molecule has 1 aromatic carbocycles. The van der Waals surface area contributed by atoms with Crippen molar-refractivity contribution >= 4 is 31.9 Å². The van der Waals surface area contributed by atoms with Crippen LogP contribution in [0.5, 0.6) is 11.5 Å². The van der Waals surface area contributed by atoms with E-state index in [1.54, 1.807) is 7.11 Å². The van der Waals surface area contributed by atoms with Crippen molar-refractivity contribution in [3.05, 3.63) is 22.2 Å². The second-order valence-corrected chi connectivity index (χ2v) is 4.09. The predicted octanol–water partition coefficient (Wildman–Crippen LogP) is 3.75. The molecule has 0 amide bonds. The van der Waals surface area contributed by atoms with Crippen LogP contribution in [0.2, 0.25) is 0 Å². The molecule has 1 rings (SSSR count). The van der Waals surface area contributed by atoms with E-state index < -0.39 is 0 Å². The first-order valence-corrected chi connectivity index (χ1v) is 6.19. The fourth-order valence-corrected chi connectivity index (χ4v) is 2.06. The maximum atomic E-state index is 5.47. The summed E-state index contributed by atoms with van der Waals surface area (Å²) in [6.45, 7) is 2.58. The molecule has 0 saturated carbocycles. The number of alkyl halides is 1. The number of hydrogen-bond acceptors (Lipinski definition) is 2. The van der Waals surface area contributed by atoms with Gasteiger partial charge in [-0.1, -0.05) is 15.9 Å². The highest BCUT2D eigenvalue weighted by Gasteiger charge is 2.10. The lowest BCUT2D eigenvalue weighted by Gasteiger charge is -2.12. The number of halogens is 2. The van der Waals surface area contributed by atoms with Gasteiger partial charge in [0.25, 0.3) is 0 Å². The second-order valence-electron chi connectivity index (χ2n) is 2.68. The fourth-order valence-electron chi connectivity index (χ4n) is 1.13. The van der Waals surface area contributed by atoms with Crippen LogP contribution in [0.15, 0.2) is 16.6 Å². The largest absolute Gasteiger partial charge is 0.493 e. The molecule has 0 heterocycles.